The molecule has 0 aliphatic carbocycles. The van der Waals surface area contributed by atoms with Gasteiger partial charge in [-0.1, -0.05) is 17.7 Å². The standard InChI is InChI=1S/C19H25ClN4O3/c1-14-15(10-23(2)22-14)11-24-6-7-27-19(12-24,9-18(21)25)13-26-17-5-3-4-16(20)8-17/h3-5,8,10H,6-7,9,11-13H2,1-2H3,(H2,21,25)/t19-/m0/s1. The van der Waals surface area contributed by atoms with Gasteiger partial charge in [-0.3, -0.25) is 14.4 Å². The van der Waals surface area contributed by atoms with E-state index in [0.717, 1.165) is 24.3 Å². The highest BCUT2D eigenvalue weighted by Crippen LogP contribution is 2.26. The van der Waals surface area contributed by atoms with Crippen molar-refractivity contribution >= 4 is 17.5 Å². The second-order valence-electron chi connectivity index (χ2n) is 7.04. The molecule has 2 heterocycles. The number of nitrogens with two attached hydrogens (primary N) is 1. The quantitative estimate of drug-likeness (QED) is 0.778. The molecule has 0 bridgehead atoms. The van der Waals surface area contributed by atoms with Crippen LogP contribution in [-0.4, -0.2) is 52.5 Å². The molecule has 1 atom stereocenters. The zero-order chi connectivity index (χ0) is 19.4. The molecule has 0 saturated carbocycles. The van der Waals surface area contributed by atoms with Crippen LogP contribution >= 0.6 is 11.6 Å². The molecule has 3 rings (SSSR count). The number of halogens is 1. The van der Waals surface area contributed by atoms with Gasteiger partial charge in [-0.05, 0) is 25.1 Å². The van der Waals surface area contributed by atoms with Gasteiger partial charge < -0.3 is 15.2 Å². The van der Waals surface area contributed by atoms with E-state index >= 15 is 0 Å². The average Bonchev–Trinajstić information content (AvgIpc) is 2.90. The molecule has 1 fully saturated rings. The summed E-state index contributed by atoms with van der Waals surface area (Å²) in [6.45, 7) is 4.77. The largest absolute Gasteiger partial charge is 0.490 e. The number of rotatable bonds is 7. The predicted molar refractivity (Wildman–Crippen MR) is 103 cm³/mol. The number of benzene rings is 1. The summed E-state index contributed by atoms with van der Waals surface area (Å²) in [4.78, 5) is 13.9. The van der Waals surface area contributed by atoms with Crippen molar-refractivity contribution in [1.82, 2.24) is 14.7 Å². The van der Waals surface area contributed by atoms with Crippen molar-refractivity contribution < 1.29 is 14.3 Å². The first-order chi connectivity index (χ1) is 12.8. The Bertz CT molecular complexity index is 810. The lowest BCUT2D eigenvalue weighted by Crippen LogP contribution is -2.56. The van der Waals surface area contributed by atoms with Gasteiger partial charge in [0.15, 0.2) is 0 Å². The molecule has 1 aliphatic rings. The fraction of sp³-hybridized carbons (Fsp3) is 0.474. The van der Waals surface area contributed by atoms with Gasteiger partial charge in [0.1, 0.15) is 18.0 Å². The van der Waals surface area contributed by atoms with Crippen molar-refractivity contribution in [1.29, 1.82) is 0 Å². The smallest absolute Gasteiger partial charge is 0.220 e. The SMILES string of the molecule is Cc1nn(C)cc1CN1CCO[C@@](COc2cccc(Cl)c2)(CC(N)=O)C1. The number of carbonyl (C=O) groups is 1. The summed E-state index contributed by atoms with van der Waals surface area (Å²) >= 11 is 6.01. The molecule has 7 nitrogen and oxygen atoms in total. The van der Waals surface area contributed by atoms with Crippen molar-refractivity contribution in [2.75, 3.05) is 26.3 Å². The number of primary amides is 1. The number of aryl methyl sites for hydroxylation is 2. The maximum absolute atomic E-state index is 11.7. The van der Waals surface area contributed by atoms with Crippen LogP contribution in [-0.2, 0) is 23.1 Å². The number of hydrogen-bond donors (Lipinski definition) is 1. The number of hydrogen-bond acceptors (Lipinski definition) is 5. The molecule has 1 saturated heterocycles. The molecule has 1 aromatic carbocycles. The van der Waals surface area contributed by atoms with E-state index in [2.05, 4.69) is 10.00 Å². The minimum atomic E-state index is -0.789. The van der Waals surface area contributed by atoms with Crippen LogP contribution in [0.3, 0.4) is 0 Å². The molecule has 0 unspecified atom stereocenters. The van der Waals surface area contributed by atoms with E-state index < -0.39 is 11.5 Å². The Morgan fingerprint density at radius 3 is 2.96 bits per heavy atom. The van der Waals surface area contributed by atoms with E-state index in [1.165, 1.54) is 0 Å². The molecule has 2 aromatic rings. The second kappa shape index (κ2) is 8.29. The van der Waals surface area contributed by atoms with E-state index in [4.69, 9.17) is 26.8 Å². The lowest BCUT2D eigenvalue weighted by Gasteiger charge is -2.42. The van der Waals surface area contributed by atoms with Gasteiger partial charge in [0.2, 0.25) is 5.91 Å². The zero-order valence-corrected chi connectivity index (χ0v) is 16.4. The summed E-state index contributed by atoms with van der Waals surface area (Å²) in [5.41, 5.74) is 6.87. The molecule has 27 heavy (non-hydrogen) atoms. The van der Waals surface area contributed by atoms with Crippen LogP contribution < -0.4 is 10.5 Å². The molecule has 2 N–H and O–H groups in total. The number of morpholine rings is 1. The van der Waals surface area contributed by atoms with E-state index in [1.54, 1.807) is 12.1 Å². The highest BCUT2D eigenvalue weighted by Gasteiger charge is 2.39. The van der Waals surface area contributed by atoms with Crippen LogP contribution in [0.5, 0.6) is 5.75 Å². The van der Waals surface area contributed by atoms with Crippen LogP contribution in [0, 0.1) is 6.92 Å². The minimum Gasteiger partial charge on any atom is -0.490 e. The Balaban J connectivity index is 1.72. The minimum absolute atomic E-state index is 0.0933. The van der Waals surface area contributed by atoms with Crippen LogP contribution in [0.15, 0.2) is 30.5 Å². The Kier molecular flexibility index (Phi) is 6.04. The van der Waals surface area contributed by atoms with Gasteiger partial charge in [-0.2, -0.15) is 5.10 Å². The van der Waals surface area contributed by atoms with E-state index in [-0.39, 0.29) is 13.0 Å². The van der Waals surface area contributed by atoms with E-state index in [9.17, 15) is 4.79 Å². The lowest BCUT2D eigenvalue weighted by molar-refractivity contribution is -0.148. The lowest BCUT2D eigenvalue weighted by atomic mass is 9.97. The average molecular weight is 393 g/mol. The number of amides is 1. The van der Waals surface area contributed by atoms with Crippen LogP contribution in [0.25, 0.3) is 0 Å². The maximum atomic E-state index is 11.7. The summed E-state index contributed by atoms with van der Waals surface area (Å²) in [5, 5.41) is 4.99. The first-order valence-corrected chi connectivity index (χ1v) is 9.25. The molecular formula is C19H25ClN4O3. The molecule has 1 amide bonds. The topological polar surface area (TPSA) is 82.6 Å². The van der Waals surface area contributed by atoms with Crippen molar-refractivity contribution in [3.8, 4) is 5.75 Å². The van der Waals surface area contributed by atoms with Crippen molar-refractivity contribution in [3.05, 3.63) is 46.7 Å². The maximum Gasteiger partial charge on any atom is 0.220 e. The monoisotopic (exact) mass is 392 g/mol. The molecular weight excluding hydrogens is 368 g/mol. The Labute approximate surface area is 164 Å². The van der Waals surface area contributed by atoms with Crippen LogP contribution in [0.2, 0.25) is 5.02 Å². The van der Waals surface area contributed by atoms with Gasteiger partial charge in [-0.25, -0.2) is 0 Å². The van der Waals surface area contributed by atoms with Crippen molar-refractivity contribution in [2.45, 2.75) is 25.5 Å². The van der Waals surface area contributed by atoms with Crippen LogP contribution in [0.4, 0.5) is 0 Å². The van der Waals surface area contributed by atoms with Crippen molar-refractivity contribution in [2.24, 2.45) is 12.8 Å². The molecule has 1 aliphatic heterocycles. The molecule has 1 aromatic heterocycles. The van der Waals surface area contributed by atoms with Gasteiger partial charge in [0.05, 0.1) is 18.7 Å². The molecule has 8 heteroatoms. The normalized spacial score (nSPS) is 20.6. The van der Waals surface area contributed by atoms with E-state index in [0.29, 0.717) is 23.9 Å². The first kappa shape index (κ1) is 19.7. The number of aromatic nitrogens is 2. The summed E-state index contributed by atoms with van der Waals surface area (Å²) in [7, 11) is 1.91. The fourth-order valence-corrected chi connectivity index (χ4v) is 3.62. The fourth-order valence-electron chi connectivity index (χ4n) is 3.44. The third-order valence-corrected chi connectivity index (χ3v) is 4.87. The summed E-state index contributed by atoms with van der Waals surface area (Å²) in [5.74, 6) is 0.222. The van der Waals surface area contributed by atoms with Gasteiger partial charge in [0.25, 0.3) is 0 Å². The Morgan fingerprint density at radius 2 is 2.30 bits per heavy atom. The van der Waals surface area contributed by atoms with Gasteiger partial charge in [0, 0.05) is 43.5 Å². The zero-order valence-electron chi connectivity index (χ0n) is 15.7. The highest BCUT2D eigenvalue weighted by atomic mass is 35.5. The van der Waals surface area contributed by atoms with E-state index in [1.807, 2.05) is 37.0 Å². The number of nitrogens with zero attached hydrogens (tertiary/aromatic N) is 3. The summed E-state index contributed by atoms with van der Waals surface area (Å²) in [6, 6.07) is 7.16. The van der Waals surface area contributed by atoms with Gasteiger partial charge in [-0.15, -0.1) is 0 Å². The van der Waals surface area contributed by atoms with Gasteiger partial charge >= 0.3 is 0 Å². The summed E-state index contributed by atoms with van der Waals surface area (Å²) in [6.07, 6.45) is 2.11. The molecule has 0 spiro atoms. The third-order valence-electron chi connectivity index (χ3n) is 4.63. The van der Waals surface area contributed by atoms with Crippen LogP contribution in [0.1, 0.15) is 17.7 Å². The third kappa shape index (κ3) is 5.22. The Morgan fingerprint density at radius 1 is 1.48 bits per heavy atom. The predicted octanol–water partition coefficient (Wildman–Crippen LogP) is 1.91. The number of carbonyl (C=O) groups excluding carboxylic acids is 1. The number of ether oxygens (including phenoxy) is 2. The van der Waals surface area contributed by atoms with Crippen molar-refractivity contribution in [3.63, 3.8) is 0 Å². The second-order valence-corrected chi connectivity index (χ2v) is 7.48. The first-order valence-electron chi connectivity index (χ1n) is 8.87. The highest BCUT2D eigenvalue weighted by molar-refractivity contribution is 6.30. The summed E-state index contributed by atoms with van der Waals surface area (Å²) < 4.78 is 13.7. The Hall–Kier alpha value is -2.09. The molecule has 146 valence electrons. The molecule has 0 radical (unpaired) electrons.